The van der Waals surface area contributed by atoms with E-state index in [0.717, 1.165) is 11.9 Å². The highest BCUT2D eigenvalue weighted by Gasteiger charge is 2.19. The maximum Gasteiger partial charge on any atom is 0.271 e. The molecule has 1 fully saturated rings. The van der Waals surface area contributed by atoms with Crippen LogP contribution in [-0.4, -0.2) is 46.9 Å². The van der Waals surface area contributed by atoms with E-state index >= 15 is 0 Å². The number of anilines is 2. The van der Waals surface area contributed by atoms with E-state index in [1.807, 2.05) is 29.2 Å². The van der Waals surface area contributed by atoms with Gasteiger partial charge >= 0.3 is 0 Å². The molecule has 1 aliphatic rings. The zero-order valence-electron chi connectivity index (χ0n) is 15.3. The summed E-state index contributed by atoms with van der Waals surface area (Å²) in [6, 6.07) is 11.3. The van der Waals surface area contributed by atoms with Crippen molar-refractivity contribution >= 4 is 34.7 Å². The Labute approximate surface area is 172 Å². The fraction of sp³-hybridized carbons (Fsp3) is 0.211. The molecule has 0 spiro atoms. The van der Waals surface area contributed by atoms with Crippen LogP contribution in [0.25, 0.3) is 0 Å². The lowest BCUT2D eigenvalue weighted by Crippen LogP contribution is -2.44. The molecular weight excluding hydrogens is 396 g/mol. The van der Waals surface area contributed by atoms with Gasteiger partial charge in [-0.25, -0.2) is 4.98 Å². The Morgan fingerprint density at radius 1 is 1.28 bits per heavy atom. The third-order valence-electron chi connectivity index (χ3n) is 4.37. The molecule has 10 heteroatoms. The molecule has 0 bridgehead atoms. The van der Waals surface area contributed by atoms with E-state index in [4.69, 9.17) is 11.6 Å². The number of nitriles is 1. The monoisotopic (exact) mass is 412 g/mol. The largest absolute Gasteiger partial charge is 0.373 e. The van der Waals surface area contributed by atoms with Gasteiger partial charge in [-0.2, -0.15) is 5.26 Å². The van der Waals surface area contributed by atoms with E-state index in [2.05, 4.69) is 15.2 Å². The molecule has 1 aliphatic heterocycles. The minimum absolute atomic E-state index is 0.0759. The number of non-ortho nitro benzene ring substituents is 1. The van der Waals surface area contributed by atoms with Gasteiger partial charge in [-0.1, -0.05) is 17.7 Å². The van der Waals surface area contributed by atoms with E-state index in [1.165, 1.54) is 18.3 Å². The molecule has 148 valence electrons. The van der Waals surface area contributed by atoms with Crippen molar-refractivity contribution in [3.8, 4) is 6.07 Å². The smallest absolute Gasteiger partial charge is 0.271 e. The van der Waals surface area contributed by atoms with Gasteiger partial charge in [0.05, 0.1) is 15.6 Å². The Kier molecular flexibility index (Phi) is 6.26. The first-order valence-electron chi connectivity index (χ1n) is 8.75. The number of hydrogen-bond donors (Lipinski definition) is 1. The van der Waals surface area contributed by atoms with Crippen molar-refractivity contribution in [2.24, 2.45) is 0 Å². The van der Waals surface area contributed by atoms with E-state index < -0.39 is 10.8 Å². The minimum Gasteiger partial charge on any atom is -0.373 e. The zero-order chi connectivity index (χ0) is 20.8. The van der Waals surface area contributed by atoms with Gasteiger partial charge in [0.25, 0.3) is 11.6 Å². The molecule has 0 aliphatic carbocycles. The molecule has 9 nitrogen and oxygen atoms in total. The van der Waals surface area contributed by atoms with E-state index in [0.29, 0.717) is 26.2 Å². The molecule has 2 heterocycles. The van der Waals surface area contributed by atoms with Crippen molar-refractivity contribution in [1.82, 2.24) is 9.88 Å². The molecule has 29 heavy (non-hydrogen) atoms. The number of piperazine rings is 1. The predicted molar refractivity (Wildman–Crippen MR) is 108 cm³/mol. The third-order valence-corrected chi connectivity index (χ3v) is 4.70. The first-order valence-corrected chi connectivity index (χ1v) is 9.13. The van der Waals surface area contributed by atoms with Crippen LogP contribution in [-0.2, 0) is 4.79 Å². The van der Waals surface area contributed by atoms with Gasteiger partial charge in [-0.05, 0) is 18.2 Å². The van der Waals surface area contributed by atoms with Crippen LogP contribution in [0.5, 0.6) is 0 Å². The standard InChI is InChI=1S/C19H17ClN6O3/c20-16-5-4-15(26(28)29)11-17(16)23-19(27)14(12-21)13-24-7-9-25(10-8-24)18-3-1-2-6-22-18/h1-6,11,13H,7-10H2,(H,23,27)/b14-13-. The second kappa shape index (κ2) is 9.03. The Hall–Kier alpha value is -3.64. The van der Waals surface area contributed by atoms with Crippen molar-refractivity contribution in [1.29, 1.82) is 5.26 Å². The Balaban J connectivity index is 1.66. The number of nitro benzene ring substituents is 1. The lowest BCUT2D eigenvalue weighted by Gasteiger charge is -2.34. The van der Waals surface area contributed by atoms with Crippen LogP contribution in [0.1, 0.15) is 0 Å². The topological polar surface area (TPSA) is 115 Å². The lowest BCUT2D eigenvalue weighted by atomic mass is 10.2. The van der Waals surface area contributed by atoms with E-state index in [1.54, 1.807) is 6.20 Å². The quantitative estimate of drug-likeness (QED) is 0.347. The van der Waals surface area contributed by atoms with Crippen molar-refractivity contribution in [2.75, 3.05) is 36.4 Å². The summed E-state index contributed by atoms with van der Waals surface area (Å²) < 4.78 is 0. The molecule has 1 N–H and O–H groups in total. The molecule has 0 unspecified atom stereocenters. The highest BCUT2D eigenvalue weighted by atomic mass is 35.5. The second-order valence-electron chi connectivity index (χ2n) is 6.24. The van der Waals surface area contributed by atoms with Crippen molar-refractivity contribution in [3.63, 3.8) is 0 Å². The minimum atomic E-state index is -0.679. The van der Waals surface area contributed by atoms with Gasteiger partial charge < -0.3 is 15.1 Å². The fourth-order valence-corrected chi connectivity index (χ4v) is 3.02. The number of aromatic nitrogens is 1. The van der Waals surface area contributed by atoms with Crippen LogP contribution < -0.4 is 10.2 Å². The Bertz CT molecular complexity index is 981. The predicted octanol–water partition coefficient (Wildman–Crippen LogP) is 2.81. The maximum atomic E-state index is 12.5. The highest BCUT2D eigenvalue weighted by molar-refractivity contribution is 6.34. The van der Waals surface area contributed by atoms with Crippen LogP contribution in [0.15, 0.2) is 54.4 Å². The molecule has 1 aromatic heterocycles. The number of halogens is 1. The van der Waals surface area contributed by atoms with Gasteiger partial charge in [0.15, 0.2) is 0 Å². The van der Waals surface area contributed by atoms with Crippen LogP contribution in [0, 0.1) is 21.4 Å². The van der Waals surface area contributed by atoms with Gasteiger partial charge in [-0.3, -0.25) is 14.9 Å². The molecule has 1 saturated heterocycles. The number of rotatable bonds is 5. The molecule has 0 atom stereocenters. The van der Waals surface area contributed by atoms with E-state index in [-0.39, 0.29) is 22.0 Å². The summed E-state index contributed by atoms with van der Waals surface area (Å²) in [5.74, 6) is 0.205. The number of nitro groups is 1. The van der Waals surface area contributed by atoms with Crippen molar-refractivity contribution < 1.29 is 9.72 Å². The van der Waals surface area contributed by atoms with Crippen LogP contribution in [0.3, 0.4) is 0 Å². The lowest BCUT2D eigenvalue weighted by molar-refractivity contribution is -0.384. The molecule has 3 rings (SSSR count). The average Bonchev–Trinajstić information content (AvgIpc) is 2.74. The summed E-state index contributed by atoms with van der Waals surface area (Å²) in [4.78, 5) is 31.1. The number of nitrogens with one attached hydrogen (secondary N) is 1. The number of amides is 1. The third kappa shape index (κ3) is 5.00. The number of hydrogen-bond acceptors (Lipinski definition) is 7. The number of nitrogens with zero attached hydrogens (tertiary/aromatic N) is 5. The summed E-state index contributed by atoms with van der Waals surface area (Å²) in [7, 11) is 0. The molecule has 0 radical (unpaired) electrons. The zero-order valence-corrected chi connectivity index (χ0v) is 16.0. The molecule has 1 amide bonds. The first-order chi connectivity index (χ1) is 14.0. The van der Waals surface area contributed by atoms with Crippen LogP contribution in [0.2, 0.25) is 5.02 Å². The molecule has 2 aromatic rings. The summed E-state index contributed by atoms with van der Waals surface area (Å²) >= 11 is 6.00. The fourth-order valence-electron chi connectivity index (χ4n) is 2.85. The van der Waals surface area contributed by atoms with Gasteiger partial charge in [0.2, 0.25) is 0 Å². The Morgan fingerprint density at radius 2 is 2.03 bits per heavy atom. The summed E-state index contributed by atoms with van der Waals surface area (Å²) in [6.07, 6.45) is 3.23. The van der Waals surface area contributed by atoms with Gasteiger partial charge in [0.1, 0.15) is 17.5 Å². The summed E-state index contributed by atoms with van der Waals surface area (Å²) in [5.41, 5.74) is -0.247. The van der Waals surface area contributed by atoms with Crippen molar-refractivity contribution in [2.45, 2.75) is 0 Å². The average molecular weight is 413 g/mol. The SMILES string of the molecule is N#C/C(=C/N1CCN(c2ccccn2)CC1)C(=O)Nc1cc([N+](=O)[O-])ccc1Cl. The highest BCUT2D eigenvalue weighted by Crippen LogP contribution is 2.27. The maximum absolute atomic E-state index is 12.5. The molecule has 1 aromatic carbocycles. The number of carbonyl (C=O) groups is 1. The Morgan fingerprint density at radius 3 is 2.66 bits per heavy atom. The van der Waals surface area contributed by atoms with Crippen LogP contribution in [0.4, 0.5) is 17.2 Å². The van der Waals surface area contributed by atoms with Gasteiger partial charge in [0, 0.05) is 50.7 Å². The summed E-state index contributed by atoms with van der Waals surface area (Å²) in [6.45, 7) is 2.63. The number of carbonyl (C=O) groups excluding carboxylic acids is 1. The number of benzene rings is 1. The second-order valence-corrected chi connectivity index (χ2v) is 6.65. The first kappa shape index (κ1) is 20.1. The number of pyridine rings is 1. The van der Waals surface area contributed by atoms with Crippen LogP contribution >= 0.6 is 11.6 Å². The normalized spacial score (nSPS) is 14.3. The summed E-state index contributed by atoms with van der Waals surface area (Å²) in [5, 5.41) is 22.9. The molecule has 0 saturated carbocycles. The van der Waals surface area contributed by atoms with Crippen molar-refractivity contribution in [3.05, 3.63) is 69.5 Å². The van der Waals surface area contributed by atoms with Gasteiger partial charge in [-0.15, -0.1) is 0 Å². The molecular formula is C19H17ClN6O3. The van der Waals surface area contributed by atoms with E-state index in [9.17, 15) is 20.2 Å².